The first-order chi connectivity index (χ1) is 8.77. The highest BCUT2D eigenvalue weighted by molar-refractivity contribution is 5.82. The summed E-state index contributed by atoms with van der Waals surface area (Å²) in [4.78, 5) is 4.40. The van der Waals surface area contributed by atoms with Gasteiger partial charge in [-0.15, -0.1) is 0 Å². The van der Waals surface area contributed by atoms with Gasteiger partial charge in [0.2, 0.25) is 0 Å². The molecule has 2 rings (SSSR count). The molecule has 0 fully saturated rings. The Balaban J connectivity index is 2.44. The van der Waals surface area contributed by atoms with Crippen LogP contribution in [-0.4, -0.2) is 24.7 Å². The minimum atomic E-state index is 0.130. The molecule has 0 aliphatic rings. The van der Waals surface area contributed by atoms with E-state index in [0.29, 0.717) is 0 Å². The van der Waals surface area contributed by atoms with Crippen molar-refractivity contribution in [2.45, 2.75) is 26.0 Å². The average Bonchev–Trinajstić information content (AvgIpc) is 2.40. The number of pyridine rings is 1. The molecular weight excluding hydrogens is 224 g/mol. The first-order valence-corrected chi connectivity index (χ1v) is 6.40. The van der Waals surface area contributed by atoms with E-state index in [2.05, 4.69) is 29.4 Å². The summed E-state index contributed by atoms with van der Waals surface area (Å²) >= 11 is 0. The van der Waals surface area contributed by atoms with Crippen molar-refractivity contribution in [1.29, 1.82) is 0 Å². The summed E-state index contributed by atoms with van der Waals surface area (Å²) < 4.78 is 5.72. The second-order valence-electron chi connectivity index (χ2n) is 4.34. The van der Waals surface area contributed by atoms with Crippen molar-refractivity contribution in [3.8, 4) is 0 Å². The summed E-state index contributed by atoms with van der Waals surface area (Å²) in [6.45, 7) is 4.84. The van der Waals surface area contributed by atoms with E-state index >= 15 is 0 Å². The van der Waals surface area contributed by atoms with E-state index in [-0.39, 0.29) is 12.1 Å². The number of benzene rings is 1. The van der Waals surface area contributed by atoms with Crippen molar-refractivity contribution in [1.82, 2.24) is 10.3 Å². The third kappa shape index (κ3) is 2.52. The smallest absolute Gasteiger partial charge is 0.0741 e. The van der Waals surface area contributed by atoms with Crippen molar-refractivity contribution >= 4 is 10.9 Å². The molecule has 2 aromatic rings. The normalized spacial score (nSPS) is 14.6. The minimum Gasteiger partial charge on any atom is -0.377 e. The predicted molar refractivity (Wildman–Crippen MR) is 74.6 cm³/mol. The molecule has 0 aliphatic heterocycles. The fourth-order valence-corrected chi connectivity index (χ4v) is 2.40. The number of ether oxygens (including phenoxy) is 1. The van der Waals surface area contributed by atoms with Crippen LogP contribution >= 0.6 is 0 Å². The van der Waals surface area contributed by atoms with E-state index in [1.54, 1.807) is 0 Å². The molecule has 0 saturated heterocycles. The Morgan fingerprint density at radius 1 is 1.28 bits per heavy atom. The van der Waals surface area contributed by atoms with E-state index < -0.39 is 0 Å². The largest absolute Gasteiger partial charge is 0.377 e. The quantitative estimate of drug-likeness (QED) is 0.878. The van der Waals surface area contributed by atoms with Crippen LogP contribution in [0, 0.1) is 0 Å². The van der Waals surface area contributed by atoms with Crippen LogP contribution in [0.15, 0.2) is 36.5 Å². The molecule has 1 aromatic heterocycles. The second-order valence-corrected chi connectivity index (χ2v) is 4.34. The molecule has 1 aromatic carbocycles. The summed E-state index contributed by atoms with van der Waals surface area (Å²) in [6.07, 6.45) is 1.96. The van der Waals surface area contributed by atoms with Crippen molar-refractivity contribution in [2.24, 2.45) is 0 Å². The number of rotatable bonds is 5. The number of hydrogen-bond donors (Lipinski definition) is 1. The third-order valence-corrected chi connectivity index (χ3v) is 3.22. The zero-order valence-electron chi connectivity index (χ0n) is 11.2. The first-order valence-electron chi connectivity index (χ1n) is 6.40. The molecule has 0 amide bonds. The lowest BCUT2D eigenvalue weighted by Crippen LogP contribution is -2.29. The summed E-state index contributed by atoms with van der Waals surface area (Å²) in [7, 11) is 1.97. The lowest BCUT2D eigenvalue weighted by atomic mass is 9.98. The summed E-state index contributed by atoms with van der Waals surface area (Å²) in [5.41, 5.74) is 2.27. The van der Waals surface area contributed by atoms with Gasteiger partial charge in [0.25, 0.3) is 0 Å². The Morgan fingerprint density at radius 3 is 2.83 bits per heavy atom. The van der Waals surface area contributed by atoms with Gasteiger partial charge < -0.3 is 10.1 Å². The van der Waals surface area contributed by atoms with Gasteiger partial charge in [-0.2, -0.15) is 0 Å². The summed E-state index contributed by atoms with van der Waals surface area (Å²) in [6, 6.07) is 10.5. The molecule has 0 aliphatic carbocycles. The van der Waals surface area contributed by atoms with Crippen LogP contribution in [0.5, 0.6) is 0 Å². The van der Waals surface area contributed by atoms with Crippen LogP contribution in [0.2, 0.25) is 0 Å². The molecular formula is C15H20N2O. The van der Waals surface area contributed by atoms with Gasteiger partial charge in [0, 0.05) is 18.2 Å². The fourth-order valence-electron chi connectivity index (χ4n) is 2.40. The maximum absolute atomic E-state index is 5.72. The number of fused-ring (bicyclic) bond motifs is 1. The number of nitrogens with one attached hydrogen (secondary N) is 1. The van der Waals surface area contributed by atoms with E-state index in [4.69, 9.17) is 4.74 Å². The number of hydrogen-bond acceptors (Lipinski definition) is 3. The van der Waals surface area contributed by atoms with Crippen molar-refractivity contribution in [3.63, 3.8) is 0 Å². The van der Waals surface area contributed by atoms with Crippen molar-refractivity contribution < 1.29 is 4.74 Å². The van der Waals surface area contributed by atoms with E-state index in [1.165, 1.54) is 10.9 Å². The standard InChI is InChI=1S/C15H20N2O/c1-4-18-11(2)15(16-3)13-7-5-9-14-12(13)8-6-10-17-14/h5-11,15-16H,4H2,1-3H3. The molecule has 3 nitrogen and oxygen atoms in total. The highest BCUT2D eigenvalue weighted by atomic mass is 16.5. The molecule has 18 heavy (non-hydrogen) atoms. The van der Waals surface area contributed by atoms with Gasteiger partial charge in [0.1, 0.15) is 0 Å². The van der Waals surface area contributed by atoms with Crippen LogP contribution < -0.4 is 5.32 Å². The van der Waals surface area contributed by atoms with Gasteiger partial charge in [-0.1, -0.05) is 18.2 Å². The SMILES string of the molecule is CCOC(C)C(NC)c1cccc2ncccc12. The third-order valence-electron chi connectivity index (χ3n) is 3.22. The van der Waals surface area contributed by atoms with E-state index in [1.807, 2.05) is 38.4 Å². The number of aromatic nitrogens is 1. The molecule has 0 bridgehead atoms. The Kier molecular flexibility index (Phi) is 4.28. The van der Waals surface area contributed by atoms with Crippen LogP contribution in [-0.2, 0) is 4.74 Å². The van der Waals surface area contributed by atoms with Gasteiger partial charge in [0.15, 0.2) is 0 Å². The van der Waals surface area contributed by atoms with Gasteiger partial charge >= 0.3 is 0 Å². The topological polar surface area (TPSA) is 34.1 Å². The van der Waals surface area contributed by atoms with Gasteiger partial charge in [-0.05, 0) is 38.6 Å². The summed E-state index contributed by atoms with van der Waals surface area (Å²) in [5.74, 6) is 0. The number of nitrogens with zero attached hydrogens (tertiary/aromatic N) is 1. The van der Waals surface area contributed by atoms with Crippen LogP contribution in [0.3, 0.4) is 0 Å². The van der Waals surface area contributed by atoms with Crippen molar-refractivity contribution in [2.75, 3.05) is 13.7 Å². The Hall–Kier alpha value is -1.45. The molecule has 2 unspecified atom stereocenters. The monoisotopic (exact) mass is 244 g/mol. The molecule has 0 radical (unpaired) electrons. The zero-order valence-corrected chi connectivity index (χ0v) is 11.2. The zero-order chi connectivity index (χ0) is 13.0. The highest BCUT2D eigenvalue weighted by Crippen LogP contribution is 2.26. The van der Waals surface area contributed by atoms with E-state index in [9.17, 15) is 0 Å². The molecule has 1 heterocycles. The molecule has 96 valence electrons. The van der Waals surface area contributed by atoms with Crippen LogP contribution in [0.4, 0.5) is 0 Å². The lowest BCUT2D eigenvalue weighted by molar-refractivity contribution is 0.0497. The molecule has 0 saturated carbocycles. The van der Waals surface area contributed by atoms with Gasteiger partial charge in [-0.3, -0.25) is 4.98 Å². The lowest BCUT2D eigenvalue weighted by Gasteiger charge is -2.25. The average molecular weight is 244 g/mol. The van der Waals surface area contributed by atoms with Crippen molar-refractivity contribution in [3.05, 3.63) is 42.1 Å². The summed E-state index contributed by atoms with van der Waals surface area (Å²) in [5, 5.41) is 4.53. The maximum Gasteiger partial charge on any atom is 0.0741 e. The first kappa shape index (κ1) is 13.0. The van der Waals surface area contributed by atoms with Gasteiger partial charge in [0.05, 0.1) is 17.7 Å². The minimum absolute atomic E-state index is 0.130. The second kappa shape index (κ2) is 5.94. The Morgan fingerprint density at radius 2 is 2.11 bits per heavy atom. The number of likely N-dealkylation sites (N-methyl/N-ethyl adjacent to an activating group) is 1. The predicted octanol–water partition coefficient (Wildman–Crippen LogP) is 2.92. The van der Waals surface area contributed by atoms with Crippen LogP contribution in [0.25, 0.3) is 10.9 Å². The highest BCUT2D eigenvalue weighted by Gasteiger charge is 2.19. The molecule has 2 atom stereocenters. The molecule has 0 spiro atoms. The van der Waals surface area contributed by atoms with Gasteiger partial charge in [-0.25, -0.2) is 0 Å². The Labute approximate surface area is 108 Å². The molecule has 3 heteroatoms. The Bertz CT molecular complexity index is 507. The molecule has 1 N–H and O–H groups in total. The maximum atomic E-state index is 5.72. The fraction of sp³-hybridized carbons (Fsp3) is 0.400. The van der Waals surface area contributed by atoms with E-state index in [0.717, 1.165) is 12.1 Å². The van der Waals surface area contributed by atoms with Crippen LogP contribution in [0.1, 0.15) is 25.5 Å².